The molecule has 2 aliphatic rings. The number of morpholine rings is 1. The van der Waals surface area contributed by atoms with Crippen molar-refractivity contribution in [3.8, 4) is 5.75 Å². The molecule has 1 saturated heterocycles. The Labute approximate surface area is 159 Å². The van der Waals surface area contributed by atoms with E-state index >= 15 is 0 Å². The van der Waals surface area contributed by atoms with E-state index < -0.39 is 6.36 Å². The first-order valence-corrected chi connectivity index (χ1v) is 9.05. The first-order valence-electron chi connectivity index (χ1n) is 9.05. The van der Waals surface area contributed by atoms with E-state index in [1.54, 1.807) is 23.0 Å². The molecule has 1 aromatic carbocycles. The van der Waals surface area contributed by atoms with Gasteiger partial charge in [0.05, 0.1) is 19.3 Å². The van der Waals surface area contributed by atoms with Crippen LogP contribution in [0.15, 0.2) is 36.7 Å². The number of hydrogen-bond acceptors (Lipinski definition) is 4. The average molecular weight is 395 g/mol. The van der Waals surface area contributed by atoms with Gasteiger partial charge < -0.3 is 14.4 Å². The van der Waals surface area contributed by atoms with Gasteiger partial charge in [0.25, 0.3) is 0 Å². The summed E-state index contributed by atoms with van der Waals surface area (Å²) in [5, 5.41) is 4.14. The lowest BCUT2D eigenvalue weighted by Crippen LogP contribution is -2.43. The topological polar surface area (TPSA) is 56.6 Å². The van der Waals surface area contributed by atoms with Gasteiger partial charge in [-0.25, -0.2) is 0 Å². The summed E-state index contributed by atoms with van der Waals surface area (Å²) >= 11 is 0. The van der Waals surface area contributed by atoms with E-state index in [1.807, 2.05) is 18.1 Å². The summed E-state index contributed by atoms with van der Waals surface area (Å²) in [6.45, 7) is 1.48. The van der Waals surface area contributed by atoms with Crippen LogP contribution < -0.4 is 4.74 Å². The third kappa shape index (κ3) is 4.14. The minimum atomic E-state index is -4.71. The second-order valence-electron chi connectivity index (χ2n) is 7.16. The Hall–Kier alpha value is -2.55. The van der Waals surface area contributed by atoms with Crippen molar-refractivity contribution in [2.45, 2.75) is 24.8 Å². The zero-order valence-corrected chi connectivity index (χ0v) is 15.2. The highest BCUT2D eigenvalue weighted by Gasteiger charge is 2.46. The van der Waals surface area contributed by atoms with Crippen LogP contribution in [-0.4, -0.2) is 46.6 Å². The Kier molecular flexibility index (Phi) is 4.78. The molecule has 28 heavy (non-hydrogen) atoms. The molecule has 2 aromatic rings. The predicted molar refractivity (Wildman–Crippen MR) is 92.5 cm³/mol. The van der Waals surface area contributed by atoms with Crippen molar-refractivity contribution < 1.29 is 27.4 Å². The zero-order valence-electron chi connectivity index (χ0n) is 15.2. The van der Waals surface area contributed by atoms with Crippen LogP contribution in [0.3, 0.4) is 0 Å². The van der Waals surface area contributed by atoms with Crippen LogP contribution in [0, 0.1) is 5.92 Å². The summed E-state index contributed by atoms with van der Waals surface area (Å²) in [6, 6.07) is 5.76. The Morgan fingerprint density at radius 2 is 2.00 bits per heavy atom. The number of ether oxygens (including phenoxy) is 2. The molecule has 1 saturated carbocycles. The molecule has 150 valence electrons. The number of aromatic nitrogens is 2. The van der Waals surface area contributed by atoms with Gasteiger partial charge in [-0.2, -0.15) is 5.10 Å². The van der Waals surface area contributed by atoms with Crippen LogP contribution in [0.2, 0.25) is 0 Å². The zero-order chi connectivity index (χ0) is 19.9. The number of rotatable bonds is 4. The van der Waals surface area contributed by atoms with Crippen molar-refractivity contribution in [2.24, 2.45) is 13.0 Å². The third-order valence-corrected chi connectivity index (χ3v) is 5.12. The SMILES string of the molecule is Cn1cc([C@@H]2CN(C(=O)[C@@H]3C[C@H]3c3ccc(OC(F)(F)F)cc3)CCO2)cn1. The molecule has 1 aliphatic carbocycles. The lowest BCUT2D eigenvalue weighted by Gasteiger charge is -2.32. The minimum absolute atomic E-state index is 0.0344. The lowest BCUT2D eigenvalue weighted by molar-refractivity contribution is -0.274. The number of benzene rings is 1. The largest absolute Gasteiger partial charge is 0.573 e. The fourth-order valence-corrected chi connectivity index (χ4v) is 3.65. The molecule has 1 amide bonds. The standard InChI is InChI=1S/C19H20F3N3O3/c1-24-10-13(9-23-24)17-11-25(6-7-27-17)18(26)16-8-15(16)12-2-4-14(5-3-12)28-19(20,21)22/h2-5,9-10,15-17H,6-8,11H2,1H3/t15-,16+,17-/m0/s1. The smallest absolute Gasteiger partial charge is 0.406 e. The van der Waals surface area contributed by atoms with Crippen LogP contribution in [-0.2, 0) is 16.6 Å². The van der Waals surface area contributed by atoms with Crippen molar-refractivity contribution in [3.63, 3.8) is 0 Å². The molecule has 2 heterocycles. The van der Waals surface area contributed by atoms with Crippen molar-refractivity contribution in [1.82, 2.24) is 14.7 Å². The summed E-state index contributed by atoms with van der Waals surface area (Å²) in [5.41, 5.74) is 1.79. The molecule has 0 N–H and O–H groups in total. The molecule has 2 fully saturated rings. The quantitative estimate of drug-likeness (QED) is 0.799. The third-order valence-electron chi connectivity index (χ3n) is 5.12. The molecule has 0 bridgehead atoms. The van der Waals surface area contributed by atoms with Gasteiger partial charge in [-0.3, -0.25) is 9.48 Å². The number of amides is 1. The van der Waals surface area contributed by atoms with E-state index in [0.717, 1.165) is 11.1 Å². The van der Waals surface area contributed by atoms with Crippen LogP contribution in [0.5, 0.6) is 5.75 Å². The van der Waals surface area contributed by atoms with Crippen molar-refractivity contribution in [2.75, 3.05) is 19.7 Å². The van der Waals surface area contributed by atoms with Gasteiger partial charge in [-0.15, -0.1) is 13.2 Å². The molecular weight excluding hydrogens is 375 g/mol. The van der Waals surface area contributed by atoms with Gasteiger partial charge in [0.2, 0.25) is 5.91 Å². The normalized spacial score (nSPS) is 24.9. The molecule has 4 rings (SSSR count). The number of hydrogen-bond donors (Lipinski definition) is 0. The van der Waals surface area contributed by atoms with Gasteiger partial charge in [0, 0.05) is 31.3 Å². The van der Waals surface area contributed by atoms with E-state index in [4.69, 9.17) is 4.74 Å². The first-order chi connectivity index (χ1) is 13.3. The van der Waals surface area contributed by atoms with Crippen LogP contribution in [0.25, 0.3) is 0 Å². The number of carbonyl (C=O) groups is 1. The number of halogens is 3. The highest BCUT2D eigenvalue weighted by Crippen LogP contribution is 2.49. The van der Waals surface area contributed by atoms with Crippen molar-refractivity contribution in [3.05, 3.63) is 47.8 Å². The Bertz CT molecular complexity index is 850. The van der Waals surface area contributed by atoms with Gasteiger partial charge >= 0.3 is 6.36 Å². The van der Waals surface area contributed by atoms with E-state index in [2.05, 4.69) is 9.84 Å². The maximum absolute atomic E-state index is 12.9. The first kappa shape index (κ1) is 18.8. The van der Waals surface area contributed by atoms with Gasteiger partial charge in [-0.1, -0.05) is 12.1 Å². The molecule has 1 aromatic heterocycles. The van der Waals surface area contributed by atoms with Gasteiger partial charge in [-0.05, 0) is 30.0 Å². The fraction of sp³-hybridized carbons (Fsp3) is 0.474. The molecule has 9 heteroatoms. The van der Waals surface area contributed by atoms with E-state index in [0.29, 0.717) is 26.1 Å². The highest BCUT2D eigenvalue weighted by molar-refractivity contribution is 5.83. The summed E-state index contributed by atoms with van der Waals surface area (Å²) in [5.74, 6) is -0.292. The second kappa shape index (κ2) is 7.12. The summed E-state index contributed by atoms with van der Waals surface area (Å²) < 4.78 is 48.1. The van der Waals surface area contributed by atoms with Crippen LogP contribution in [0.1, 0.15) is 29.6 Å². The summed E-state index contributed by atoms with van der Waals surface area (Å²) in [6.07, 6.45) is -0.581. The molecule has 3 atom stereocenters. The minimum Gasteiger partial charge on any atom is -0.406 e. The molecule has 1 aliphatic heterocycles. The van der Waals surface area contributed by atoms with Gasteiger partial charge in [0.15, 0.2) is 0 Å². The average Bonchev–Trinajstić information content (AvgIpc) is 3.33. The highest BCUT2D eigenvalue weighted by atomic mass is 19.4. The maximum atomic E-state index is 12.9. The number of aryl methyl sites for hydroxylation is 1. The number of alkyl halides is 3. The van der Waals surface area contributed by atoms with E-state index in [9.17, 15) is 18.0 Å². The van der Waals surface area contributed by atoms with Crippen LogP contribution in [0.4, 0.5) is 13.2 Å². The maximum Gasteiger partial charge on any atom is 0.573 e. The predicted octanol–water partition coefficient (Wildman–Crippen LogP) is 3.02. The second-order valence-corrected chi connectivity index (χ2v) is 7.16. The van der Waals surface area contributed by atoms with Crippen LogP contribution >= 0.6 is 0 Å². The Balaban J connectivity index is 1.36. The summed E-state index contributed by atoms with van der Waals surface area (Å²) in [4.78, 5) is 14.7. The van der Waals surface area contributed by atoms with E-state index in [-0.39, 0.29) is 29.6 Å². The molecule has 6 nitrogen and oxygen atoms in total. The summed E-state index contributed by atoms with van der Waals surface area (Å²) in [7, 11) is 1.83. The monoisotopic (exact) mass is 395 g/mol. The van der Waals surface area contributed by atoms with E-state index in [1.165, 1.54) is 12.1 Å². The Morgan fingerprint density at radius 3 is 2.64 bits per heavy atom. The Morgan fingerprint density at radius 1 is 1.25 bits per heavy atom. The lowest BCUT2D eigenvalue weighted by atomic mass is 10.1. The van der Waals surface area contributed by atoms with Crippen molar-refractivity contribution >= 4 is 5.91 Å². The number of carbonyl (C=O) groups excluding carboxylic acids is 1. The fourth-order valence-electron chi connectivity index (χ4n) is 3.65. The molecule has 0 spiro atoms. The van der Waals surface area contributed by atoms with Crippen molar-refractivity contribution in [1.29, 1.82) is 0 Å². The number of nitrogens with zero attached hydrogens (tertiary/aromatic N) is 3. The van der Waals surface area contributed by atoms with Gasteiger partial charge in [0.1, 0.15) is 11.9 Å². The molecular formula is C19H20F3N3O3. The molecule has 0 radical (unpaired) electrons. The molecule has 0 unspecified atom stereocenters.